The Bertz CT molecular complexity index is 565. The molecule has 1 amide bonds. The molecule has 1 aliphatic rings. The minimum absolute atomic E-state index is 0.274. The van der Waals surface area contributed by atoms with Crippen LogP contribution in [0.25, 0.3) is 0 Å². The molecule has 0 saturated heterocycles. The van der Waals surface area contributed by atoms with Crippen molar-refractivity contribution < 1.29 is 19.4 Å². The SMILES string of the molecule is COc1cc(C)ccc1NC(=O)[C@H]1[C@@H](C(=O)O)C1(C)C. The Kier molecular flexibility index (Phi) is 3.46. The molecule has 0 aliphatic heterocycles. The van der Waals surface area contributed by atoms with Crippen LogP contribution < -0.4 is 10.1 Å². The van der Waals surface area contributed by atoms with E-state index in [0.717, 1.165) is 5.56 Å². The molecule has 0 unspecified atom stereocenters. The standard InChI is InChI=1S/C15H19NO4/c1-8-5-6-9(10(7-8)20-4)16-13(17)11-12(14(18)19)15(11,2)3/h5-7,11-12H,1-4H3,(H,16,17)(H,18,19)/t11-,12+/m1/s1. The van der Waals surface area contributed by atoms with Gasteiger partial charge in [0.1, 0.15) is 5.75 Å². The zero-order valence-corrected chi connectivity index (χ0v) is 12.1. The number of nitrogens with one attached hydrogen (secondary N) is 1. The van der Waals surface area contributed by atoms with Crippen LogP contribution >= 0.6 is 0 Å². The summed E-state index contributed by atoms with van der Waals surface area (Å²) >= 11 is 0. The summed E-state index contributed by atoms with van der Waals surface area (Å²) in [6, 6.07) is 5.45. The Morgan fingerprint density at radius 2 is 1.95 bits per heavy atom. The number of rotatable bonds is 4. The van der Waals surface area contributed by atoms with E-state index in [0.29, 0.717) is 11.4 Å². The predicted molar refractivity (Wildman–Crippen MR) is 74.8 cm³/mol. The maximum Gasteiger partial charge on any atom is 0.307 e. The Hall–Kier alpha value is -2.04. The van der Waals surface area contributed by atoms with Crippen LogP contribution in [0.1, 0.15) is 19.4 Å². The van der Waals surface area contributed by atoms with Crippen LogP contribution in [0.2, 0.25) is 0 Å². The second-order valence-corrected chi connectivity index (χ2v) is 5.81. The predicted octanol–water partition coefficient (Wildman–Crippen LogP) is 2.30. The van der Waals surface area contributed by atoms with E-state index >= 15 is 0 Å². The monoisotopic (exact) mass is 277 g/mol. The van der Waals surface area contributed by atoms with Crippen molar-refractivity contribution in [3.05, 3.63) is 23.8 Å². The van der Waals surface area contributed by atoms with Crippen molar-refractivity contribution in [2.45, 2.75) is 20.8 Å². The van der Waals surface area contributed by atoms with Crippen molar-refractivity contribution in [2.75, 3.05) is 12.4 Å². The number of hydrogen-bond donors (Lipinski definition) is 2. The van der Waals surface area contributed by atoms with E-state index in [-0.39, 0.29) is 5.91 Å². The molecule has 0 spiro atoms. The Balaban J connectivity index is 2.16. The molecule has 5 heteroatoms. The molecule has 1 saturated carbocycles. The minimum atomic E-state index is -0.925. The van der Waals surface area contributed by atoms with Gasteiger partial charge in [0.25, 0.3) is 0 Å². The fourth-order valence-corrected chi connectivity index (χ4v) is 2.70. The summed E-state index contributed by atoms with van der Waals surface area (Å²) < 4.78 is 5.22. The molecule has 1 aromatic carbocycles. The maximum absolute atomic E-state index is 12.2. The second-order valence-electron chi connectivity index (χ2n) is 5.81. The lowest BCUT2D eigenvalue weighted by Crippen LogP contribution is -2.18. The van der Waals surface area contributed by atoms with Gasteiger partial charge < -0.3 is 15.2 Å². The number of hydrogen-bond acceptors (Lipinski definition) is 3. The summed E-state index contributed by atoms with van der Waals surface area (Å²) in [7, 11) is 1.53. The zero-order chi connectivity index (χ0) is 15.1. The van der Waals surface area contributed by atoms with Gasteiger partial charge in [-0.3, -0.25) is 9.59 Å². The highest BCUT2D eigenvalue weighted by Gasteiger charge is 2.65. The molecule has 0 bridgehead atoms. The molecule has 5 nitrogen and oxygen atoms in total. The van der Waals surface area contributed by atoms with Gasteiger partial charge in [0.15, 0.2) is 0 Å². The molecule has 2 atom stereocenters. The van der Waals surface area contributed by atoms with Crippen LogP contribution in [0.4, 0.5) is 5.69 Å². The number of carboxylic acids is 1. The molecule has 2 N–H and O–H groups in total. The van der Waals surface area contributed by atoms with Crippen LogP contribution in [-0.2, 0) is 9.59 Å². The summed E-state index contributed by atoms with van der Waals surface area (Å²) in [5.41, 5.74) is 1.08. The number of benzene rings is 1. The summed E-state index contributed by atoms with van der Waals surface area (Å²) in [6.45, 7) is 5.52. The van der Waals surface area contributed by atoms with Crippen LogP contribution in [0.15, 0.2) is 18.2 Å². The van der Waals surface area contributed by atoms with E-state index in [1.165, 1.54) is 7.11 Å². The van der Waals surface area contributed by atoms with Crippen molar-refractivity contribution in [3.63, 3.8) is 0 Å². The van der Waals surface area contributed by atoms with Crippen LogP contribution in [0.3, 0.4) is 0 Å². The molecule has 0 radical (unpaired) electrons. The first kappa shape index (κ1) is 14.4. The molecule has 108 valence electrons. The summed E-state index contributed by atoms with van der Waals surface area (Å²) in [4.78, 5) is 23.3. The number of carbonyl (C=O) groups excluding carboxylic acids is 1. The smallest absolute Gasteiger partial charge is 0.307 e. The average Bonchev–Trinajstić information content (AvgIpc) is 2.94. The van der Waals surface area contributed by atoms with Gasteiger partial charge in [-0.2, -0.15) is 0 Å². The number of carboxylic acid groups (broad SMARTS) is 1. The van der Waals surface area contributed by atoms with Crippen molar-refractivity contribution in [1.82, 2.24) is 0 Å². The van der Waals surface area contributed by atoms with Gasteiger partial charge in [0, 0.05) is 0 Å². The van der Waals surface area contributed by atoms with E-state index in [1.54, 1.807) is 19.9 Å². The Morgan fingerprint density at radius 3 is 2.45 bits per heavy atom. The largest absolute Gasteiger partial charge is 0.495 e. The molecule has 1 aromatic rings. The van der Waals surface area contributed by atoms with Gasteiger partial charge in [-0.15, -0.1) is 0 Å². The lowest BCUT2D eigenvalue weighted by atomic mass is 10.1. The molecule has 0 heterocycles. The van der Waals surface area contributed by atoms with Crippen molar-refractivity contribution in [2.24, 2.45) is 17.3 Å². The number of anilines is 1. The molecule has 2 rings (SSSR count). The number of amides is 1. The third kappa shape index (κ3) is 2.35. The molecular weight excluding hydrogens is 258 g/mol. The Morgan fingerprint density at radius 1 is 1.30 bits per heavy atom. The Labute approximate surface area is 117 Å². The normalized spacial score (nSPS) is 23.0. The fraction of sp³-hybridized carbons (Fsp3) is 0.467. The lowest BCUT2D eigenvalue weighted by Gasteiger charge is -2.11. The van der Waals surface area contributed by atoms with Crippen molar-refractivity contribution in [1.29, 1.82) is 0 Å². The van der Waals surface area contributed by atoms with Crippen molar-refractivity contribution in [3.8, 4) is 5.75 Å². The average molecular weight is 277 g/mol. The first-order chi connectivity index (χ1) is 9.28. The number of methoxy groups -OCH3 is 1. The topological polar surface area (TPSA) is 75.6 Å². The highest BCUT2D eigenvalue weighted by atomic mass is 16.5. The molecule has 20 heavy (non-hydrogen) atoms. The van der Waals surface area contributed by atoms with Gasteiger partial charge in [0.05, 0.1) is 24.6 Å². The lowest BCUT2D eigenvalue weighted by molar-refractivity contribution is -0.140. The minimum Gasteiger partial charge on any atom is -0.495 e. The molecule has 0 aromatic heterocycles. The maximum atomic E-state index is 12.2. The molecular formula is C15H19NO4. The number of ether oxygens (including phenoxy) is 1. The third-order valence-corrected chi connectivity index (χ3v) is 3.99. The van der Waals surface area contributed by atoms with E-state index in [2.05, 4.69) is 5.32 Å². The quantitative estimate of drug-likeness (QED) is 0.885. The van der Waals surface area contributed by atoms with E-state index in [1.807, 2.05) is 19.1 Å². The van der Waals surface area contributed by atoms with Gasteiger partial charge in [-0.05, 0) is 30.0 Å². The summed E-state index contributed by atoms with van der Waals surface area (Å²) in [5.74, 6) is -1.76. The van der Waals surface area contributed by atoms with E-state index in [9.17, 15) is 9.59 Å². The van der Waals surface area contributed by atoms with E-state index < -0.39 is 23.2 Å². The number of aliphatic carboxylic acids is 1. The number of carbonyl (C=O) groups is 2. The van der Waals surface area contributed by atoms with Crippen LogP contribution in [0.5, 0.6) is 5.75 Å². The van der Waals surface area contributed by atoms with Crippen LogP contribution in [0, 0.1) is 24.2 Å². The summed E-state index contributed by atoms with van der Waals surface area (Å²) in [5, 5.41) is 11.9. The molecule has 1 aliphatic carbocycles. The zero-order valence-electron chi connectivity index (χ0n) is 12.1. The van der Waals surface area contributed by atoms with E-state index in [4.69, 9.17) is 9.84 Å². The van der Waals surface area contributed by atoms with Gasteiger partial charge >= 0.3 is 5.97 Å². The first-order valence-corrected chi connectivity index (χ1v) is 6.47. The number of aryl methyl sites for hydroxylation is 1. The first-order valence-electron chi connectivity index (χ1n) is 6.47. The summed E-state index contributed by atoms with van der Waals surface area (Å²) in [6.07, 6.45) is 0. The highest BCUT2D eigenvalue weighted by Crippen LogP contribution is 2.58. The molecule has 1 fully saturated rings. The third-order valence-electron chi connectivity index (χ3n) is 3.99. The van der Waals surface area contributed by atoms with Gasteiger partial charge in [-0.1, -0.05) is 19.9 Å². The highest BCUT2D eigenvalue weighted by molar-refractivity contribution is 6.00. The van der Waals surface area contributed by atoms with Crippen molar-refractivity contribution >= 4 is 17.6 Å². The fourth-order valence-electron chi connectivity index (χ4n) is 2.70. The van der Waals surface area contributed by atoms with Gasteiger partial charge in [-0.25, -0.2) is 0 Å². The second kappa shape index (κ2) is 4.81. The van der Waals surface area contributed by atoms with Gasteiger partial charge in [0.2, 0.25) is 5.91 Å². The van der Waals surface area contributed by atoms with Crippen LogP contribution in [-0.4, -0.2) is 24.1 Å².